The van der Waals surface area contributed by atoms with Crippen molar-refractivity contribution in [2.75, 3.05) is 23.3 Å². The van der Waals surface area contributed by atoms with Gasteiger partial charge in [0, 0.05) is 36.6 Å². The first-order valence-corrected chi connectivity index (χ1v) is 7.12. The number of carbonyl (C=O) groups is 1. The van der Waals surface area contributed by atoms with Crippen LogP contribution in [0.15, 0.2) is 18.2 Å². The number of nitro groups is 1. The van der Waals surface area contributed by atoms with E-state index in [-0.39, 0.29) is 17.6 Å². The number of nitro benzene ring substituents is 1. The molecule has 2 rings (SSSR count). The number of non-ortho nitro benzene ring substituents is 1. The maximum absolute atomic E-state index is 11.5. The first kappa shape index (κ1) is 15.1. The Kier molecular flexibility index (Phi) is 4.62. The molecule has 1 amide bonds. The zero-order valence-corrected chi connectivity index (χ0v) is 12.0. The number of benzene rings is 1. The zero-order valence-electron chi connectivity index (χ0n) is 12.0. The molecule has 1 aromatic carbocycles. The minimum atomic E-state index is -0.421. The minimum Gasteiger partial charge on any atom is -0.385 e. The van der Waals surface area contributed by atoms with E-state index in [2.05, 4.69) is 5.32 Å². The molecular weight excluding hydrogens is 272 g/mol. The van der Waals surface area contributed by atoms with Crippen molar-refractivity contribution < 1.29 is 9.72 Å². The molecule has 1 atom stereocenters. The maximum Gasteiger partial charge on any atom is 0.273 e. The number of hydrogen-bond acceptors (Lipinski definition) is 5. The fraction of sp³-hybridized carbons (Fsp3) is 0.500. The first-order chi connectivity index (χ1) is 10.0. The summed E-state index contributed by atoms with van der Waals surface area (Å²) in [7, 11) is 0. The third-order valence-corrected chi connectivity index (χ3v) is 3.61. The average molecular weight is 292 g/mol. The molecule has 0 aromatic heterocycles. The van der Waals surface area contributed by atoms with Crippen LogP contribution in [0, 0.1) is 10.1 Å². The second kappa shape index (κ2) is 6.43. The fourth-order valence-corrected chi connectivity index (χ4v) is 2.61. The number of anilines is 2. The summed E-state index contributed by atoms with van der Waals surface area (Å²) >= 11 is 0. The normalized spacial score (nSPS) is 17.8. The third kappa shape index (κ3) is 3.42. The quantitative estimate of drug-likeness (QED) is 0.615. The highest BCUT2D eigenvalue weighted by Gasteiger charge is 2.30. The molecule has 1 aliphatic heterocycles. The standard InChI is InChI=1S/C14H20N4O3/c1-2-5-16-10-7-11(9-12(8-10)18(20)21)17-6-3-4-13(17)14(15)19/h7-9,13,16H,2-6H2,1H3,(H2,15,19). The SMILES string of the molecule is CCCNc1cc(N2CCCC2C(N)=O)cc([N+](=O)[O-])c1. The van der Waals surface area contributed by atoms with Crippen LogP contribution in [0.1, 0.15) is 26.2 Å². The van der Waals surface area contributed by atoms with Gasteiger partial charge in [0.05, 0.1) is 4.92 Å². The number of primary amides is 1. The molecule has 1 heterocycles. The highest BCUT2D eigenvalue weighted by Crippen LogP contribution is 2.31. The number of nitrogens with two attached hydrogens (primary N) is 1. The lowest BCUT2D eigenvalue weighted by atomic mass is 10.1. The summed E-state index contributed by atoms with van der Waals surface area (Å²) < 4.78 is 0. The van der Waals surface area contributed by atoms with E-state index < -0.39 is 4.92 Å². The molecule has 0 saturated carbocycles. The van der Waals surface area contributed by atoms with Crippen LogP contribution in [0.5, 0.6) is 0 Å². The Morgan fingerprint density at radius 3 is 2.90 bits per heavy atom. The molecule has 0 radical (unpaired) electrons. The molecular formula is C14H20N4O3. The van der Waals surface area contributed by atoms with E-state index in [4.69, 9.17) is 5.73 Å². The van der Waals surface area contributed by atoms with Crippen LogP contribution < -0.4 is 16.0 Å². The Balaban J connectivity index is 2.35. The predicted octanol–water partition coefficient (Wildman–Crippen LogP) is 1.87. The van der Waals surface area contributed by atoms with E-state index in [1.807, 2.05) is 17.9 Å². The number of amides is 1. The Labute approximate surface area is 123 Å². The van der Waals surface area contributed by atoms with Crippen molar-refractivity contribution in [2.24, 2.45) is 5.73 Å². The first-order valence-electron chi connectivity index (χ1n) is 7.12. The highest BCUT2D eigenvalue weighted by atomic mass is 16.6. The van der Waals surface area contributed by atoms with Gasteiger partial charge < -0.3 is 16.0 Å². The smallest absolute Gasteiger partial charge is 0.273 e. The molecule has 3 N–H and O–H groups in total. The van der Waals surface area contributed by atoms with Crippen molar-refractivity contribution in [2.45, 2.75) is 32.2 Å². The van der Waals surface area contributed by atoms with Gasteiger partial charge in [-0.3, -0.25) is 14.9 Å². The Hall–Kier alpha value is -2.31. The van der Waals surface area contributed by atoms with Crippen LogP contribution >= 0.6 is 0 Å². The van der Waals surface area contributed by atoms with Crippen molar-refractivity contribution in [3.05, 3.63) is 28.3 Å². The lowest BCUT2D eigenvalue weighted by Crippen LogP contribution is -2.40. The summed E-state index contributed by atoms with van der Waals surface area (Å²) in [5.41, 5.74) is 6.79. The van der Waals surface area contributed by atoms with Gasteiger partial charge in [-0.05, 0) is 25.3 Å². The largest absolute Gasteiger partial charge is 0.385 e. The van der Waals surface area contributed by atoms with Crippen molar-refractivity contribution in [1.29, 1.82) is 0 Å². The maximum atomic E-state index is 11.5. The average Bonchev–Trinajstić information content (AvgIpc) is 2.94. The van der Waals surface area contributed by atoms with Crippen LogP contribution in [0.2, 0.25) is 0 Å². The van der Waals surface area contributed by atoms with Crippen LogP contribution in [0.25, 0.3) is 0 Å². The van der Waals surface area contributed by atoms with Crippen molar-refractivity contribution >= 4 is 23.0 Å². The van der Waals surface area contributed by atoms with E-state index in [0.29, 0.717) is 24.3 Å². The van der Waals surface area contributed by atoms with Gasteiger partial charge in [0.25, 0.3) is 5.69 Å². The third-order valence-electron chi connectivity index (χ3n) is 3.61. The van der Waals surface area contributed by atoms with Crippen LogP contribution in [0.3, 0.4) is 0 Å². The fourth-order valence-electron chi connectivity index (χ4n) is 2.61. The van der Waals surface area contributed by atoms with E-state index in [9.17, 15) is 14.9 Å². The van der Waals surface area contributed by atoms with E-state index in [1.54, 1.807) is 0 Å². The van der Waals surface area contributed by atoms with Gasteiger partial charge in [-0.2, -0.15) is 0 Å². The molecule has 0 spiro atoms. The lowest BCUT2D eigenvalue weighted by molar-refractivity contribution is -0.384. The Bertz CT molecular complexity index is 547. The van der Waals surface area contributed by atoms with Crippen LogP contribution in [0.4, 0.5) is 17.1 Å². The zero-order chi connectivity index (χ0) is 15.4. The molecule has 7 heteroatoms. The summed E-state index contributed by atoms with van der Waals surface area (Å²) in [6.45, 7) is 3.44. The van der Waals surface area contributed by atoms with Gasteiger partial charge in [0.2, 0.25) is 5.91 Å². The van der Waals surface area contributed by atoms with Gasteiger partial charge in [0.1, 0.15) is 6.04 Å². The second-order valence-electron chi connectivity index (χ2n) is 5.18. The molecule has 1 unspecified atom stereocenters. The summed E-state index contributed by atoms with van der Waals surface area (Å²) in [4.78, 5) is 24.0. The lowest BCUT2D eigenvalue weighted by Gasteiger charge is -2.24. The number of hydrogen-bond donors (Lipinski definition) is 2. The van der Waals surface area contributed by atoms with Gasteiger partial charge in [0.15, 0.2) is 0 Å². The molecule has 1 aliphatic rings. The molecule has 1 fully saturated rings. The predicted molar refractivity (Wildman–Crippen MR) is 81.4 cm³/mol. The van der Waals surface area contributed by atoms with Gasteiger partial charge in [-0.25, -0.2) is 0 Å². The number of rotatable bonds is 6. The van der Waals surface area contributed by atoms with Crippen LogP contribution in [-0.4, -0.2) is 30.0 Å². The van der Waals surface area contributed by atoms with Gasteiger partial charge in [-0.1, -0.05) is 6.92 Å². The van der Waals surface area contributed by atoms with Gasteiger partial charge in [-0.15, -0.1) is 0 Å². The van der Waals surface area contributed by atoms with Crippen molar-refractivity contribution in [3.63, 3.8) is 0 Å². The van der Waals surface area contributed by atoms with E-state index in [0.717, 1.165) is 19.4 Å². The highest BCUT2D eigenvalue weighted by molar-refractivity contribution is 5.85. The molecule has 114 valence electrons. The number of carbonyl (C=O) groups excluding carboxylic acids is 1. The van der Waals surface area contributed by atoms with Crippen molar-refractivity contribution in [3.8, 4) is 0 Å². The van der Waals surface area contributed by atoms with Crippen LogP contribution in [-0.2, 0) is 4.79 Å². The number of nitrogens with zero attached hydrogens (tertiary/aromatic N) is 2. The molecule has 1 saturated heterocycles. The summed E-state index contributed by atoms with van der Waals surface area (Å²) in [5.74, 6) is -0.387. The Morgan fingerprint density at radius 1 is 1.52 bits per heavy atom. The Morgan fingerprint density at radius 2 is 2.29 bits per heavy atom. The minimum absolute atomic E-state index is 0.0150. The summed E-state index contributed by atoms with van der Waals surface area (Å²) in [5, 5.41) is 14.2. The monoisotopic (exact) mass is 292 g/mol. The van der Waals surface area contributed by atoms with E-state index in [1.165, 1.54) is 12.1 Å². The van der Waals surface area contributed by atoms with Crippen molar-refractivity contribution in [1.82, 2.24) is 0 Å². The topological polar surface area (TPSA) is 102 Å². The van der Waals surface area contributed by atoms with Gasteiger partial charge >= 0.3 is 0 Å². The second-order valence-corrected chi connectivity index (χ2v) is 5.18. The molecule has 7 nitrogen and oxygen atoms in total. The van der Waals surface area contributed by atoms with E-state index >= 15 is 0 Å². The number of nitrogens with one attached hydrogen (secondary N) is 1. The molecule has 1 aromatic rings. The molecule has 0 bridgehead atoms. The molecule has 0 aliphatic carbocycles. The summed E-state index contributed by atoms with van der Waals surface area (Å²) in [6, 6.07) is 4.46. The molecule has 21 heavy (non-hydrogen) atoms. The summed E-state index contributed by atoms with van der Waals surface area (Å²) in [6.07, 6.45) is 2.47.